The van der Waals surface area contributed by atoms with Gasteiger partial charge in [-0.1, -0.05) is 164 Å². The van der Waals surface area contributed by atoms with Gasteiger partial charge in [-0.15, -0.1) is 0 Å². The van der Waals surface area contributed by atoms with Crippen molar-refractivity contribution in [2.75, 3.05) is 0 Å². The summed E-state index contributed by atoms with van der Waals surface area (Å²) in [6.45, 7) is 0. The largest absolute Gasteiger partial charge is 0.455 e. The summed E-state index contributed by atoms with van der Waals surface area (Å²) in [7, 11) is 0. The fourth-order valence-electron chi connectivity index (χ4n) is 9.92. The lowest BCUT2D eigenvalue weighted by Gasteiger charge is -2.17. The Hall–Kier alpha value is -7.22. The van der Waals surface area contributed by atoms with Crippen LogP contribution in [0.4, 0.5) is 0 Å². The highest BCUT2D eigenvalue weighted by atomic mass is 16.3. The van der Waals surface area contributed by atoms with Gasteiger partial charge in [0.2, 0.25) is 0 Å². The maximum absolute atomic E-state index is 7.13. The van der Waals surface area contributed by atoms with Gasteiger partial charge in [0, 0.05) is 16.2 Å². The average molecular weight is 695 g/mol. The van der Waals surface area contributed by atoms with Gasteiger partial charge in [0.25, 0.3) is 0 Å². The molecular formula is C54H30O. The smallest absolute Gasteiger partial charge is 0.143 e. The van der Waals surface area contributed by atoms with Gasteiger partial charge < -0.3 is 4.42 Å². The molecule has 1 aromatic heterocycles. The number of hydrogen-bond acceptors (Lipinski definition) is 1. The first-order valence-corrected chi connectivity index (χ1v) is 19.1. The predicted molar refractivity (Wildman–Crippen MR) is 235 cm³/mol. The van der Waals surface area contributed by atoms with Crippen LogP contribution in [0, 0.1) is 0 Å². The van der Waals surface area contributed by atoms with Crippen molar-refractivity contribution in [3.05, 3.63) is 182 Å². The third-order valence-corrected chi connectivity index (χ3v) is 12.3. The van der Waals surface area contributed by atoms with Crippen LogP contribution < -0.4 is 0 Å². The number of hydrogen-bond donors (Lipinski definition) is 0. The Bertz CT molecular complexity index is 3670. The van der Waals surface area contributed by atoms with Crippen molar-refractivity contribution >= 4 is 97.3 Å². The zero-order valence-electron chi connectivity index (χ0n) is 29.7. The molecule has 13 rings (SSSR count). The van der Waals surface area contributed by atoms with E-state index in [2.05, 4.69) is 182 Å². The molecule has 0 N–H and O–H groups in total. The van der Waals surface area contributed by atoms with Gasteiger partial charge >= 0.3 is 0 Å². The van der Waals surface area contributed by atoms with E-state index in [0.29, 0.717) is 0 Å². The molecule has 0 spiro atoms. The summed E-state index contributed by atoms with van der Waals surface area (Å²) < 4.78 is 7.13. The van der Waals surface area contributed by atoms with E-state index >= 15 is 0 Å². The molecule has 1 heteroatoms. The van der Waals surface area contributed by atoms with E-state index < -0.39 is 0 Å². The van der Waals surface area contributed by atoms with Crippen molar-refractivity contribution in [2.45, 2.75) is 0 Å². The normalized spacial score (nSPS) is 12.4. The predicted octanol–water partition coefficient (Wildman–Crippen LogP) is 15.5. The first-order chi connectivity index (χ1) is 27.3. The summed E-state index contributed by atoms with van der Waals surface area (Å²) in [5, 5.41) is 20.0. The van der Waals surface area contributed by atoms with Gasteiger partial charge in [0.1, 0.15) is 11.2 Å². The Kier molecular flexibility index (Phi) is 5.69. The molecule has 1 nitrogen and oxygen atoms in total. The van der Waals surface area contributed by atoms with Gasteiger partial charge in [-0.05, 0) is 122 Å². The molecule has 0 amide bonds. The quantitative estimate of drug-likeness (QED) is 0.168. The average Bonchev–Trinajstić information content (AvgIpc) is 3.64. The third kappa shape index (κ3) is 3.97. The topological polar surface area (TPSA) is 13.1 Å². The highest BCUT2D eigenvalue weighted by Crippen LogP contribution is 2.48. The van der Waals surface area contributed by atoms with Crippen molar-refractivity contribution < 1.29 is 4.42 Å². The van der Waals surface area contributed by atoms with E-state index in [1.54, 1.807) is 0 Å². The van der Waals surface area contributed by atoms with Gasteiger partial charge in [-0.25, -0.2) is 0 Å². The summed E-state index contributed by atoms with van der Waals surface area (Å²) in [6.07, 6.45) is 0. The summed E-state index contributed by atoms with van der Waals surface area (Å²) in [4.78, 5) is 0. The minimum Gasteiger partial charge on any atom is -0.455 e. The fourth-order valence-corrected chi connectivity index (χ4v) is 9.92. The second-order valence-corrected chi connectivity index (χ2v) is 15.1. The Labute approximate surface area is 315 Å². The first-order valence-electron chi connectivity index (χ1n) is 19.1. The van der Waals surface area contributed by atoms with Gasteiger partial charge in [0.15, 0.2) is 0 Å². The first kappa shape index (κ1) is 29.3. The van der Waals surface area contributed by atoms with Crippen LogP contribution in [-0.4, -0.2) is 0 Å². The number of furan rings is 1. The lowest BCUT2D eigenvalue weighted by molar-refractivity contribution is 0.673. The van der Waals surface area contributed by atoms with Crippen LogP contribution in [-0.2, 0) is 0 Å². The molecule has 0 saturated carbocycles. The fraction of sp³-hybridized carbons (Fsp3) is 0. The SMILES string of the molecule is c1ccc(-c2cccc3c2ccc2c3oc3cc(-c4ccc5ccc6cccc7ccc4c5c67)cc(-c4ccc5ccc6cccc7ccc4c5c67)c32)cc1. The van der Waals surface area contributed by atoms with E-state index in [0.717, 1.165) is 32.9 Å². The molecule has 0 aliphatic carbocycles. The minimum absolute atomic E-state index is 0.900. The molecule has 0 aliphatic rings. The lowest BCUT2D eigenvalue weighted by Crippen LogP contribution is -1.90. The molecule has 0 atom stereocenters. The zero-order chi connectivity index (χ0) is 35.8. The highest BCUT2D eigenvalue weighted by Gasteiger charge is 2.22. The number of rotatable bonds is 3. The van der Waals surface area contributed by atoms with Crippen molar-refractivity contribution in [1.82, 2.24) is 0 Å². The minimum atomic E-state index is 0.900. The molecule has 12 aromatic carbocycles. The van der Waals surface area contributed by atoms with Crippen molar-refractivity contribution in [1.29, 1.82) is 0 Å². The Morgan fingerprint density at radius 3 is 1.44 bits per heavy atom. The Morgan fingerprint density at radius 2 is 0.764 bits per heavy atom. The molecule has 13 aromatic rings. The van der Waals surface area contributed by atoms with Crippen LogP contribution in [0.15, 0.2) is 186 Å². The van der Waals surface area contributed by atoms with Gasteiger partial charge in [-0.3, -0.25) is 0 Å². The standard InChI is InChI=1S/C54H30O/c1-2-7-31(8-3-1)39-13-6-14-45-41(39)27-28-46-53-47(42-24-20-37-18-16-33-10-5-12-35-22-26-44(42)52(37)50(33)35)29-38(30-48(53)55-54(45)46)40-23-19-36-17-15-32-9-4-11-34-21-25-43(40)51(36)49(32)34/h1-30H. The zero-order valence-corrected chi connectivity index (χ0v) is 29.7. The molecule has 0 saturated heterocycles. The monoisotopic (exact) mass is 694 g/mol. The van der Waals surface area contributed by atoms with Crippen molar-refractivity contribution in [3.8, 4) is 33.4 Å². The van der Waals surface area contributed by atoms with Crippen LogP contribution >= 0.6 is 0 Å². The van der Waals surface area contributed by atoms with E-state index in [9.17, 15) is 0 Å². The van der Waals surface area contributed by atoms with Crippen LogP contribution in [0.2, 0.25) is 0 Å². The Morgan fingerprint density at radius 1 is 0.255 bits per heavy atom. The summed E-state index contributed by atoms with van der Waals surface area (Å²) in [5.41, 5.74) is 9.01. The van der Waals surface area contributed by atoms with Crippen LogP contribution in [0.5, 0.6) is 0 Å². The molecule has 1 heterocycles. The van der Waals surface area contributed by atoms with Gasteiger partial charge in [-0.2, -0.15) is 0 Å². The van der Waals surface area contributed by atoms with E-state index in [1.165, 1.54) is 97.8 Å². The van der Waals surface area contributed by atoms with E-state index in [1.807, 2.05) is 0 Å². The molecule has 0 aliphatic heterocycles. The summed E-state index contributed by atoms with van der Waals surface area (Å²) >= 11 is 0. The van der Waals surface area contributed by atoms with E-state index in [-0.39, 0.29) is 0 Å². The number of benzene rings is 12. The van der Waals surface area contributed by atoms with Crippen molar-refractivity contribution in [3.63, 3.8) is 0 Å². The second-order valence-electron chi connectivity index (χ2n) is 15.1. The summed E-state index contributed by atoms with van der Waals surface area (Å²) in [6, 6.07) is 67.3. The third-order valence-electron chi connectivity index (χ3n) is 12.3. The maximum atomic E-state index is 7.13. The van der Waals surface area contributed by atoms with Crippen LogP contribution in [0.1, 0.15) is 0 Å². The second kappa shape index (κ2) is 10.7. The lowest BCUT2D eigenvalue weighted by atomic mass is 9.86. The van der Waals surface area contributed by atoms with Crippen molar-refractivity contribution in [2.24, 2.45) is 0 Å². The molecule has 55 heavy (non-hydrogen) atoms. The molecule has 0 unspecified atom stereocenters. The highest BCUT2D eigenvalue weighted by molar-refractivity contribution is 6.29. The molecular weight excluding hydrogens is 665 g/mol. The maximum Gasteiger partial charge on any atom is 0.143 e. The molecule has 0 radical (unpaired) electrons. The van der Waals surface area contributed by atoms with Gasteiger partial charge in [0.05, 0.1) is 0 Å². The molecule has 0 bridgehead atoms. The molecule has 252 valence electrons. The van der Waals surface area contributed by atoms with Crippen LogP contribution in [0.25, 0.3) is 131 Å². The van der Waals surface area contributed by atoms with Crippen LogP contribution in [0.3, 0.4) is 0 Å². The molecule has 0 fully saturated rings. The Balaban J connectivity index is 1.16. The number of fused-ring (bicyclic) bond motifs is 5. The van der Waals surface area contributed by atoms with E-state index in [4.69, 9.17) is 4.42 Å². The summed E-state index contributed by atoms with van der Waals surface area (Å²) in [5.74, 6) is 0.